The number of rotatable bonds is 4. The maximum absolute atomic E-state index is 8.55. The molecule has 0 spiro atoms. The first-order chi connectivity index (χ1) is 10.2. The highest BCUT2D eigenvalue weighted by Crippen LogP contribution is 2.36. The quantitative estimate of drug-likeness (QED) is 0.401. The third-order valence-electron chi connectivity index (χ3n) is 4.66. The molecule has 0 aromatic heterocycles. The zero-order chi connectivity index (χ0) is 16.5. The van der Waals surface area contributed by atoms with Crippen molar-refractivity contribution in [3.63, 3.8) is 0 Å². The fourth-order valence-corrected chi connectivity index (χ4v) is 2.47. The molecule has 0 unspecified atom stereocenters. The molecule has 1 aromatic carbocycles. The standard InChI is InChI=1S/C15H23BN4O2/c1-10-12(9-19-20-18)6-11(8-17)7-13(10)16-21-14(2,3)15(4,5)22-16/h6-7H,8-9,17H2,1-5H3. The minimum atomic E-state index is -0.443. The minimum absolute atomic E-state index is 0.294. The SMILES string of the molecule is Cc1c(CN=[N+]=[N-])cc(CN)cc1B1OC(C)(C)C(C)(C)O1. The molecule has 1 aliphatic heterocycles. The number of azide groups is 1. The Morgan fingerprint density at radius 2 is 1.82 bits per heavy atom. The van der Waals surface area contributed by atoms with Gasteiger partial charge in [0.1, 0.15) is 0 Å². The molecule has 1 heterocycles. The van der Waals surface area contributed by atoms with Crippen LogP contribution in [0.3, 0.4) is 0 Å². The topological polar surface area (TPSA) is 93.2 Å². The Bertz CT molecular complexity index is 608. The summed E-state index contributed by atoms with van der Waals surface area (Å²) in [7, 11) is -0.443. The molecule has 1 fully saturated rings. The highest BCUT2D eigenvalue weighted by molar-refractivity contribution is 6.62. The first-order valence-electron chi connectivity index (χ1n) is 7.40. The predicted octanol–water partition coefficient (Wildman–Crippen LogP) is 2.56. The van der Waals surface area contributed by atoms with Crippen molar-refractivity contribution in [2.75, 3.05) is 0 Å². The van der Waals surface area contributed by atoms with Crippen molar-refractivity contribution in [1.29, 1.82) is 0 Å². The zero-order valence-electron chi connectivity index (χ0n) is 13.9. The summed E-state index contributed by atoms with van der Waals surface area (Å²) in [4.78, 5) is 2.83. The second-order valence-electron chi connectivity index (χ2n) is 6.65. The highest BCUT2D eigenvalue weighted by Gasteiger charge is 2.52. The van der Waals surface area contributed by atoms with Crippen molar-refractivity contribution in [3.05, 3.63) is 39.3 Å². The van der Waals surface area contributed by atoms with E-state index >= 15 is 0 Å². The maximum atomic E-state index is 8.55. The molecule has 1 aliphatic rings. The number of hydrogen-bond acceptors (Lipinski definition) is 4. The van der Waals surface area contributed by atoms with Crippen molar-refractivity contribution in [2.45, 2.75) is 58.9 Å². The molecule has 22 heavy (non-hydrogen) atoms. The molecule has 1 aromatic rings. The van der Waals surface area contributed by atoms with Crippen LogP contribution >= 0.6 is 0 Å². The molecule has 0 amide bonds. The van der Waals surface area contributed by atoms with Crippen molar-refractivity contribution in [3.8, 4) is 0 Å². The van der Waals surface area contributed by atoms with Crippen molar-refractivity contribution in [1.82, 2.24) is 0 Å². The van der Waals surface area contributed by atoms with E-state index < -0.39 is 18.3 Å². The van der Waals surface area contributed by atoms with Gasteiger partial charge in [-0.3, -0.25) is 0 Å². The van der Waals surface area contributed by atoms with Gasteiger partial charge in [0.15, 0.2) is 0 Å². The van der Waals surface area contributed by atoms with Crippen molar-refractivity contribution >= 4 is 12.6 Å². The van der Waals surface area contributed by atoms with E-state index in [9.17, 15) is 0 Å². The van der Waals surface area contributed by atoms with E-state index in [1.165, 1.54) is 0 Å². The Balaban J connectivity index is 2.45. The number of benzene rings is 1. The van der Waals surface area contributed by atoms with Crippen molar-refractivity contribution in [2.24, 2.45) is 10.8 Å². The third kappa shape index (κ3) is 2.98. The van der Waals surface area contributed by atoms with Crippen LogP contribution in [0.25, 0.3) is 10.4 Å². The van der Waals surface area contributed by atoms with E-state index in [0.717, 1.165) is 22.2 Å². The lowest BCUT2D eigenvalue weighted by molar-refractivity contribution is 0.00578. The molecular weight excluding hydrogens is 279 g/mol. The lowest BCUT2D eigenvalue weighted by Crippen LogP contribution is -2.41. The predicted molar refractivity (Wildman–Crippen MR) is 87.6 cm³/mol. The second-order valence-corrected chi connectivity index (χ2v) is 6.65. The second kappa shape index (κ2) is 5.93. The Labute approximate surface area is 131 Å². The smallest absolute Gasteiger partial charge is 0.399 e. The third-order valence-corrected chi connectivity index (χ3v) is 4.66. The summed E-state index contributed by atoms with van der Waals surface area (Å²) < 4.78 is 12.2. The van der Waals surface area contributed by atoms with Crippen LogP contribution in [0.15, 0.2) is 17.2 Å². The molecule has 0 bridgehead atoms. The number of hydrogen-bond donors (Lipinski definition) is 1. The summed E-state index contributed by atoms with van der Waals surface area (Å²) in [5, 5.41) is 3.66. The normalized spacial score (nSPS) is 19.1. The molecule has 0 atom stereocenters. The average Bonchev–Trinajstić information content (AvgIpc) is 2.66. The Morgan fingerprint density at radius 1 is 1.23 bits per heavy atom. The van der Waals surface area contributed by atoms with Gasteiger partial charge in [-0.2, -0.15) is 0 Å². The van der Waals surface area contributed by atoms with E-state index in [0.29, 0.717) is 13.1 Å². The highest BCUT2D eigenvalue weighted by atomic mass is 16.7. The van der Waals surface area contributed by atoms with Gasteiger partial charge in [0.2, 0.25) is 0 Å². The summed E-state index contributed by atoms with van der Waals surface area (Å²) >= 11 is 0. The molecule has 7 heteroatoms. The van der Waals surface area contributed by atoms with E-state index in [4.69, 9.17) is 20.6 Å². The van der Waals surface area contributed by atoms with Crippen LogP contribution < -0.4 is 11.2 Å². The molecule has 0 aliphatic carbocycles. The van der Waals surface area contributed by atoms with Crippen LogP contribution in [-0.2, 0) is 22.4 Å². The van der Waals surface area contributed by atoms with E-state index in [2.05, 4.69) is 10.0 Å². The van der Waals surface area contributed by atoms with Gasteiger partial charge in [-0.05, 0) is 62.3 Å². The summed E-state index contributed by atoms with van der Waals surface area (Å²) in [5.74, 6) is 0. The molecule has 0 saturated carbocycles. The largest absolute Gasteiger partial charge is 0.495 e. The number of nitrogens with zero attached hydrogens (tertiary/aromatic N) is 3. The first kappa shape index (κ1) is 16.8. The Morgan fingerprint density at radius 3 is 2.32 bits per heavy atom. The van der Waals surface area contributed by atoms with Crippen molar-refractivity contribution < 1.29 is 9.31 Å². The van der Waals surface area contributed by atoms with Gasteiger partial charge in [-0.1, -0.05) is 17.2 Å². The number of nitrogens with two attached hydrogens (primary N) is 1. The van der Waals surface area contributed by atoms with Crippen LogP contribution in [0.4, 0.5) is 0 Å². The molecule has 6 nitrogen and oxygen atoms in total. The van der Waals surface area contributed by atoms with Gasteiger partial charge in [0.25, 0.3) is 0 Å². The van der Waals surface area contributed by atoms with E-state index in [1.807, 2.05) is 46.8 Å². The maximum Gasteiger partial charge on any atom is 0.495 e. The van der Waals surface area contributed by atoms with Crippen LogP contribution in [0.5, 0.6) is 0 Å². The van der Waals surface area contributed by atoms with E-state index in [-0.39, 0.29) is 0 Å². The van der Waals surface area contributed by atoms with Crippen LogP contribution in [0, 0.1) is 6.92 Å². The lowest BCUT2D eigenvalue weighted by atomic mass is 9.74. The van der Waals surface area contributed by atoms with Gasteiger partial charge in [-0.15, -0.1) is 0 Å². The summed E-state index contributed by atoms with van der Waals surface area (Å²) in [6.45, 7) is 10.8. The molecule has 1 saturated heterocycles. The fourth-order valence-electron chi connectivity index (χ4n) is 2.47. The van der Waals surface area contributed by atoms with E-state index in [1.54, 1.807) is 0 Å². The molecule has 118 valence electrons. The summed E-state index contributed by atoms with van der Waals surface area (Å²) in [6, 6.07) is 3.98. The monoisotopic (exact) mass is 302 g/mol. The fraction of sp³-hybridized carbons (Fsp3) is 0.600. The van der Waals surface area contributed by atoms with Crippen LogP contribution in [0.2, 0.25) is 0 Å². The summed E-state index contributed by atoms with van der Waals surface area (Å²) in [6.07, 6.45) is 0. The Hall–Kier alpha value is -1.53. The van der Waals surface area contributed by atoms with Gasteiger partial charge in [0.05, 0.1) is 17.7 Å². The van der Waals surface area contributed by atoms with Gasteiger partial charge in [-0.25, -0.2) is 0 Å². The van der Waals surface area contributed by atoms with Gasteiger partial charge in [0, 0.05) is 11.5 Å². The minimum Gasteiger partial charge on any atom is -0.399 e. The molecular formula is C15H23BN4O2. The summed E-state index contributed by atoms with van der Waals surface area (Å²) in [5.41, 5.74) is 17.4. The molecule has 0 radical (unpaired) electrons. The zero-order valence-corrected chi connectivity index (χ0v) is 13.9. The lowest BCUT2D eigenvalue weighted by Gasteiger charge is -2.32. The average molecular weight is 302 g/mol. The Kier molecular flexibility index (Phi) is 4.54. The first-order valence-corrected chi connectivity index (χ1v) is 7.40. The van der Waals surface area contributed by atoms with Gasteiger partial charge >= 0.3 is 7.12 Å². The molecule has 2 N–H and O–H groups in total. The van der Waals surface area contributed by atoms with Gasteiger partial charge < -0.3 is 15.0 Å². The molecule has 2 rings (SSSR count). The van der Waals surface area contributed by atoms with Crippen LogP contribution in [-0.4, -0.2) is 18.3 Å². The van der Waals surface area contributed by atoms with Crippen LogP contribution in [0.1, 0.15) is 44.4 Å².